The van der Waals surface area contributed by atoms with Crippen LogP contribution in [0.25, 0.3) is 17.0 Å². The van der Waals surface area contributed by atoms with E-state index in [0.717, 1.165) is 16.5 Å². The van der Waals surface area contributed by atoms with Gasteiger partial charge in [-0.05, 0) is 52.0 Å². The lowest BCUT2D eigenvalue weighted by Gasteiger charge is -2.19. The Kier molecular flexibility index (Phi) is 5.09. The molecule has 1 aliphatic rings. The minimum atomic E-state index is -0.579. The van der Waals surface area contributed by atoms with Gasteiger partial charge >= 0.3 is 5.97 Å². The maximum absolute atomic E-state index is 12.9. The Balaban J connectivity index is 1.58. The number of aromatic nitrogens is 1. The van der Waals surface area contributed by atoms with Crippen LogP contribution < -0.4 is 9.47 Å². The molecular formula is C25H25NO5. The van der Waals surface area contributed by atoms with E-state index in [1.54, 1.807) is 45.9 Å². The Morgan fingerprint density at radius 1 is 1.16 bits per heavy atom. The van der Waals surface area contributed by atoms with Crippen LogP contribution in [0.2, 0.25) is 0 Å². The minimum absolute atomic E-state index is 0.176. The summed E-state index contributed by atoms with van der Waals surface area (Å²) in [5.41, 5.74) is 2.55. The number of rotatable bonds is 4. The molecule has 1 aromatic heterocycles. The number of esters is 1. The summed E-state index contributed by atoms with van der Waals surface area (Å²) in [6.07, 6.45) is 3.74. The SMILES string of the molecule is Cc1c(OCC(=O)OC(C)(C)C)ccc2c1O/C(=C/c1cn(C)c3ccccc13)C2=O. The van der Waals surface area contributed by atoms with Gasteiger partial charge < -0.3 is 18.8 Å². The Hall–Kier alpha value is -3.54. The normalized spacial score (nSPS) is 14.6. The number of carbonyl (C=O) groups is 2. The van der Waals surface area contributed by atoms with Crippen LogP contribution in [-0.4, -0.2) is 28.5 Å². The highest BCUT2D eigenvalue weighted by Crippen LogP contribution is 2.39. The number of nitrogens with zero attached hydrogens (tertiary/aromatic N) is 1. The number of Topliss-reactive ketones (excluding diaryl/α,β-unsaturated/α-hetero) is 1. The van der Waals surface area contributed by atoms with Gasteiger partial charge in [0.25, 0.3) is 0 Å². The van der Waals surface area contributed by atoms with Crippen LogP contribution in [0.4, 0.5) is 0 Å². The number of benzene rings is 2. The van der Waals surface area contributed by atoms with Crippen molar-refractivity contribution in [1.82, 2.24) is 4.57 Å². The summed E-state index contributed by atoms with van der Waals surface area (Å²) in [5, 5.41) is 1.04. The second-order valence-corrected chi connectivity index (χ2v) is 8.59. The van der Waals surface area contributed by atoms with E-state index in [2.05, 4.69) is 0 Å². The quantitative estimate of drug-likeness (QED) is 0.448. The average Bonchev–Trinajstić information content (AvgIpc) is 3.18. The number of para-hydroxylation sites is 1. The van der Waals surface area contributed by atoms with Crippen molar-refractivity contribution in [2.24, 2.45) is 7.05 Å². The summed E-state index contributed by atoms with van der Waals surface area (Å²) >= 11 is 0. The van der Waals surface area contributed by atoms with Gasteiger partial charge in [-0.3, -0.25) is 4.79 Å². The van der Waals surface area contributed by atoms with Crippen molar-refractivity contribution in [2.45, 2.75) is 33.3 Å². The molecule has 4 rings (SSSR count). The molecule has 2 aromatic carbocycles. The summed E-state index contributed by atoms with van der Waals surface area (Å²) in [6.45, 7) is 6.99. The third-order valence-corrected chi connectivity index (χ3v) is 5.02. The molecule has 0 saturated heterocycles. The van der Waals surface area contributed by atoms with E-state index in [-0.39, 0.29) is 18.1 Å². The molecule has 0 amide bonds. The van der Waals surface area contributed by atoms with Crippen molar-refractivity contribution in [1.29, 1.82) is 0 Å². The molecular weight excluding hydrogens is 394 g/mol. The zero-order valence-electron chi connectivity index (χ0n) is 18.3. The number of ether oxygens (including phenoxy) is 3. The third kappa shape index (κ3) is 4.06. The van der Waals surface area contributed by atoms with Crippen LogP contribution in [0, 0.1) is 6.92 Å². The molecule has 0 saturated carbocycles. The maximum Gasteiger partial charge on any atom is 0.344 e. The van der Waals surface area contributed by atoms with Crippen LogP contribution in [0.3, 0.4) is 0 Å². The molecule has 0 unspecified atom stereocenters. The van der Waals surface area contributed by atoms with Crippen LogP contribution in [0.5, 0.6) is 11.5 Å². The summed E-state index contributed by atoms with van der Waals surface area (Å²) in [7, 11) is 1.97. The lowest BCUT2D eigenvalue weighted by atomic mass is 10.1. The summed E-state index contributed by atoms with van der Waals surface area (Å²) in [5.74, 6) is 0.561. The number of carbonyl (C=O) groups excluding carboxylic acids is 2. The molecule has 160 valence electrons. The lowest BCUT2D eigenvalue weighted by Crippen LogP contribution is -2.27. The van der Waals surface area contributed by atoms with E-state index in [1.165, 1.54) is 0 Å². The summed E-state index contributed by atoms with van der Waals surface area (Å²) in [4.78, 5) is 24.9. The predicted molar refractivity (Wildman–Crippen MR) is 118 cm³/mol. The number of fused-ring (bicyclic) bond motifs is 2. The van der Waals surface area contributed by atoms with Crippen molar-refractivity contribution in [3.05, 3.63) is 65.0 Å². The van der Waals surface area contributed by atoms with Crippen LogP contribution in [0.1, 0.15) is 42.3 Å². The van der Waals surface area contributed by atoms with Gasteiger partial charge in [0.1, 0.15) is 17.1 Å². The molecule has 0 radical (unpaired) electrons. The van der Waals surface area contributed by atoms with Crippen LogP contribution in [0.15, 0.2) is 48.4 Å². The molecule has 1 aliphatic heterocycles. The molecule has 0 spiro atoms. The van der Waals surface area contributed by atoms with Gasteiger partial charge in [0.2, 0.25) is 5.78 Å². The summed E-state index contributed by atoms with van der Waals surface area (Å²) < 4.78 is 18.9. The van der Waals surface area contributed by atoms with Gasteiger partial charge in [-0.25, -0.2) is 4.79 Å². The zero-order valence-corrected chi connectivity index (χ0v) is 18.3. The van der Waals surface area contributed by atoms with Gasteiger partial charge in [-0.15, -0.1) is 0 Å². The maximum atomic E-state index is 12.9. The van der Waals surface area contributed by atoms with Crippen molar-refractivity contribution >= 4 is 28.7 Å². The highest BCUT2D eigenvalue weighted by Gasteiger charge is 2.30. The average molecular weight is 419 g/mol. The first kappa shape index (κ1) is 20.7. The number of allylic oxidation sites excluding steroid dienone is 1. The minimum Gasteiger partial charge on any atom is -0.481 e. The number of hydrogen-bond donors (Lipinski definition) is 0. The fraction of sp³-hybridized carbons (Fsp3) is 0.280. The van der Waals surface area contributed by atoms with Crippen molar-refractivity contribution in [3.63, 3.8) is 0 Å². The number of aryl methyl sites for hydroxylation is 1. The number of ketones is 1. The lowest BCUT2D eigenvalue weighted by molar-refractivity contribution is -0.157. The molecule has 0 atom stereocenters. The molecule has 3 aromatic rings. The molecule has 6 nitrogen and oxygen atoms in total. The predicted octanol–water partition coefficient (Wildman–Crippen LogP) is 4.82. The molecule has 0 N–H and O–H groups in total. The molecule has 6 heteroatoms. The fourth-order valence-corrected chi connectivity index (χ4v) is 3.66. The van der Waals surface area contributed by atoms with E-state index in [4.69, 9.17) is 14.2 Å². The van der Waals surface area contributed by atoms with Gasteiger partial charge in [-0.2, -0.15) is 0 Å². The van der Waals surface area contributed by atoms with Crippen molar-refractivity contribution in [3.8, 4) is 11.5 Å². The first-order valence-electron chi connectivity index (χ1n) is 10.1. The Morgan fingerprint density at radius 3 is 2.65 bits per heavy atom. The summed E-state index contributed by atoms with van der Waals surface area (Å²) in [6, 6.07) is 11.3. The topological polar surface area (TPSA) is 66.8 Å². The number of hydrogen-bond acceptors (Lipinski definition) is 5. The monoisotopic (exact) mass is 419 g/mol. The Labute approximate surface area is 181 Å². The molecule has 0 aliphatic carbocycles. The van der Waals surface area contributed by atoms with Crippen molar-refractivity contribution in [2.75, 3.05) is 6.61 Å². The van der Waals surface area contributed by atoms with E-state index >= 15 is 0 Å². The first-order valence-corrected chi connectivity index (χ1v) is 10.1. The van der Waals surface area contributed by atoms with Crippen molar-refractivity contribution < 1.29 is 23.8 Å². The molecule has 0 fully saturated rings. The Morgan fingerprint density at radius 2 is 1.90 bits per heavy atom. The molecule has 31 heavy (non-hydrogen) atoms. The zero-order chi connectivity index (χ0) is 22.3. The van der Waals surface area contributed by atoms with E-state index in [9.17, 15) is 9.59 Å². The molecule has 0 bridgehead atoms. The van der Waals surface area contributed by atoms with Gasteiger partial charge in [0.15, 0.2) is 12.4 Å². The highest BCUT2D eigenvalue weighted by atomic mass is 16.6. The third-order valence-electron chi connectivity index (χ3n) is 5.02. The van der Waals surface area contributed by atoms with E-state index < -0.39 is 11.6 Å². The second-order valence-electron chi connectivity index (χ2n) is 8.59. The largest absolute Gasteiger partial charge is 0.481 e. The smallest absolute Gasteiger partial charge is 0.344 e. The van der Waals surface area contributed by atoms with Crippen LogP contribution >= 0.6 is 0 Å². The van der Waals surface area contributed by atoms with Gasteiger partial charge in [0.05, 0.1) is 5.56 Å². The molecule has 2 heterocycles. The Bertz CT molecular complexity index is 1230. The van der Waals surface area contributed by atoms with E-state index in [0.29, 0.717) is 22.6 Å². The van der Waals surface area contributed by atoms with Gasteiger partial charge in [0, 0.05) is 35.3 Å². The fourth-order valence-electron chi connectivity index (χ4n) is 3.66. The second kappa shape index (κ2) is 7.61. The van der Waals surface area contributed by atoms with Gasteiger partial charge in [-0.1, -0.05) is 18.2 Å². The standard InChI is InChI=1S/C25H25NO5/c1-15-20(29-14-22(27)31-25(2,3)4)11-10-18-23(28)21(30-24(15)18)12-16-13-26(5)19-9-7-6-8-17(16)19/h6-13H,14H2,1-5H3/b21-12+. The highest BCUT2D eigenvalue weighted by molar-refractivity contribution is 6.15. The van der Waals surface area contributed by atoms with E-state index in [1.807, 2.05) is 42.1 Å². The first-order chi connectivity index (χ1) is 14.6. The van der Waals surface area contributed by atoms with Crippen LogP contribution in [-0.2, 0) is 16.6 Å².